The van der Waals surface area contributed by atoms with Gasteiger partial charge in [0.25, 0.3) is 5.91 Å². The zero-order valence-corrected chi connectivity index (χ0v) is 19.5. The molecule has 1 unspecified atom stereocenters. The van der Waals surface area contributed by atoms with E-state index in [0.29, 0.717) is 42.0 Å². The van der Waals surface area contributed by atoms with E-state index in [0.717, 1.165) is 24.2 Å². The van der Waals surface area contributed by atoms with Crippen molar-refractivity contribution in [2.75, 3.05) is 32.8 Å². The highest BCUT2D eigenvalue weighted by atomic mass is 16.5. The van der Waals surface area contributed by atoms with Gasteiger partial charge in [0.15, 0.2) is 5.43 Å². The lowest BCUT2D eigenvalue weighted by molar-refractivity contribution is 0.0708. The Morgan fingerprint density at radius 2 is 1.94 bits per heavy atom. The maximum atomic E-state index is 13.7. The van der Waals surface area contributed by atoms with Gasteiger partial charge in [0, 0.05) is 13.1 Å². The number of hydrogen-bond acceptors (Lipinski definition) is 5. The zero-order chi connectivity index (χ0) is 23.5. The molecule has 0 saturated heterocycles. The number of benzene rings is 2. The molecule has 0 aliphatic carbocycles. The number of aryl methyl sites for hydroxylation is 1. The van der Waals surface area contributed by atoms with Crippen molar-refractivity contribution in [3.05, 3.63) is 87.8 Å². The molecule has 0 N–H and O–H groups in total. The highest BCUT2D eigenvalue weighted by Gasteiger charge is 2.42. The lowest BCUT2D eigenvalue weighted by Crippen LogP contribution is -2.37. The van der Waals surface area contributed by atoms with Crippen LogP contribution < -0.4 is 10.2 Å². The summed E-state index contributed by atoms with van der Waals surface area (Å²) in [7, 11) is 0. The minimum absolute atomic E-state index is 0.137. The number of hydrogen-bond donors (Lipinski definition) is 0. The molecule has 3 aromatic rings. The van der Waals surface area contributed by atoms with Gasteiger partial charge in [0.05, 0.1) is 17.0 Å². The molecular formula is C27H30N2O4. The Bertz CT molecular complexity index is 1240. The second-order valence-electron chi connectivity index (χ2n) is 8.27. The van der Waals surface area contributed by atoms with Gasteiger partial charge in [-0.3, -0.25) is 9.59 Å². The summed E-state index contributed by atoms with van der Waals surface area (Å²) in [6, 6.07) is 12.5. The van der Waals surface area contributed by atoms with E-state index >= 15 is 0 Å². The van der Waals surface area contributed by atoms with Crippen LogP contribution in [0.3, 0.4) is 0 Å². The fourth-order valence-corrected chi connectivity index (χ4v) is 4.43. The first-order valence-electron chi connectivity index (χ1n) is 11.4. The van der Waals surface area contributed by atoms with Crippen LogP contribution in [0.5, 0.6) is 5.75 Å². The third-order valence-corrected chi connectivity index (χ3v) is 6.21. The molecule has 1 aliphatic heterocycles. The minimum atomic E-state index is -0.531. The molecule has 2 heterocycles. The summed E-state index contributed by atoms with van der Waals surface area (Å²) in [5.41, 5.74) is 2.47. The van der Waals surface area contributed by atoms with Gasteiger partial charge in [-0.1, -0.05) is 50.3 Å². The standard InChI is InChI=1S/C27H30N2O4/c1-5-15-32-20-10-8-9-19(17-20)24-23-25(30)21-16-18(4)11-12-22(21)33-26(23)27(31)29(24)14-13-28(6-2)7-3/h5,8-12,16-17,24H,1,6-7,13-15H2,2-4H3. The molecule has 0 saturated carbocycles. The molecule has 0 radical (unpaired) electrons. The number of amides is 1. The predicted octanol–water partition coefficient (Wildman–Crippen LogP) is 4.55. The normalized spacial score (nSPS) is 15.3. The Hall–Kier alpha value is -3.38. The van der Waals surface area contributed by atoms with Gasteiger partial charge in [-0.15, -0.1) is 0 Å². The van der Waals surface area contributed by atoms with Gasteiger partial charge in [0.2, 0.25) is 5.76 Å². The number of rotatable bonds is 9. The number of carbonyl (C=O) groups is 1. The number of carbonyl (C=O) groups excluding carboxylic acids is 1. The van der Waals surface area contributed by atoms with Crippen LogP contribution in [0.15, 0.2) is 64.3 Å². The van der Waals surface area contributed by atoms with Gasteiger partial charge < -0.3 is 19.0 Å². The third-order valence-electron chi connectivity index (χ3n) is 6.21. The lowest BCUT2D eigenvalue weighted by atomic mass is 9.98. The molecule has 0 bridgehead atoms. The summed E-state index contributed by atoms with van der Waals surface area (Å²) in [6.07, 6.45) is 1.68. The number of fused-ring (bicyclic) bond motifs is 2. The van der Waals surface area contributed by atoms with Crippen molar-refractivity contribution in [3.63, 3.8) is 0 Å². The van der Waals surface area contributed by atoms with Gasteiger partial charge in [-0.05, 0) is 49.8 Å². The smallest absolute Gasteiger partial charge is 0.290 e. The average Bonchev–Trinajstić information content (AvgIpc) is 3.11. The molecule has 2 aromatic carbocycles. The molecule has 1 atom stereocenters. The van der Waals surface area contributed by atoms with Gasteiger partial charge in [-0.2, -0.15) is 0 Å². The van der Waals surface area contributed by atoms with E-state index in [-0.39, 0.29) is 17.1 Å². The van der Waals surface area contributed by atoms with Gasteiger partial charge >= 0.3 is 0 Å². The summed E-state index contributed by atoms with van der Waals surface area (Å²) in [5, 5.41) is 0.496. The van der Waals surface area contributed by atoms with Crippen molar-refractivity contribution in [1.82, 2.24) is 9.80 Å². The van der Waals surface area contributed by atoms with Crippen molar-refractivity contribution in [3.8, 4) is 5.75 Å². The van der Waals surface area contributed by atoms with Crippen LogP contribution in [-0.4, -0.2) is 48.5 Å². The molecule has 1 aromatic heterocycles. The van der Waals surface area contributed by atoms with Crippen LogP contribution in [0.25, 0.3) is 11.0 Å². The average molecular weight is 447 g/mol. The Labute approximate surface area is 194 Å². The molecule has 6 heteroatoms. The Kier molecular flexibility index (Phi) is 6.65. The van der Waals surface area contributed by atoms with E-state index < -0.39 is 6.04 Å². The third kappa shape index (κ3) is 4.31. The molecule has 33 heavy (non-hydrogen) atoms. The highest BCUT2D eigenvalue weighted by Crippen LogP contribution is 2.39. The molecule has 6 nitrogen and oxygen atoms in total. The molecule has 0 fully saturated rings. The van der Waals surface area contributed by atoms with Crippen molar-refractivity contribution < 1.29 is 13.9 Å². The summed E-state index contributed by atoms with van der Waals surface area (Å²) < 4.78 is 11.8. The number of nitrogens with zero attached hydrogens (tertiary/aromatic N) is 2. The van der Waals surface area contributed by atoms with E-state index in [1.165, 1.54) is 0 Å². The first-order valence-corrected chi connectivity index (χ1v) is 11.4. The Balaban J connectivity index is 1.85. The maximum Gasteiger partial charge on any atom is 0.290 e. The van der Waals surface area contributed by atoms with E-state index in [1.807, 2.05) is 43.3 Å². The van der Waals surface area contributed by atoms with Crippen molar-refractivity contribution >= 4 is 16.9 Å². The first kappa shape index (κ1) is 22.8. The summed E-state index contributed by atoms with van der Waals surface area (Å²) in [5.74, 6) is 0.551. The first-order chi connectivity index (χ1) is 16.0. The van der Waals surface area contributed by atoms with E-state index in [2.05, 4.69) is 25.3 Å². The second kappa shape index (κ2) is 9.63. The van der Waals surface area contributed by atoms with E-state index in [1.54, 1.807) is 17.0 Å². The van der Waals surface area contributed by atoms with E-state index in [9.17, 15) is 9.59 Å². The van der Waals surface area contributed by atoms with Gasteiger partial charge in [-0.25, -0.2) is 0 Å². The predicted molar refractivity (Wildman–Crippen MR) is 130 cm³/mol. The Morgan fingerprint density at radius 1 is 1.15 bits per heavy atom. The largest absolute Gasteiger partial charge is 0.490 e. The number of likely N-dealkylation sites (N-methyl/N-ethyl adjacent to an activating group) is 1. The summed E-state index contributed by atoms with van der Waals surface area (Å²) in [4.78, 5) is 31.2. The maximum absolute atomic E-state index is 13.7. The van der Waals surface area contributed by atoms with Crippen molar-refractivity contribution in [2.45, 2.75) is 26.8 Å². The van der Waals surface area contributed by atoms with Crippen molar-refractivity contribution in [2.24, 2.45) is 0 Å². The van der Waals surface area contributed by atoms with Crippen LogP contribution in [0.2, 0.25) is 0 Å². The fraction of sp³-hybridized carbons (Fsp3) is 0.333. The Morgan fingerprint density at radius 3 is 2.67 bits per heavy atom. The highest BCUT2D eigenvalue weighted by molar-refractivity contribution is 5.99. The summed E-state index contributed by atoms with van der Waals surface area (Å²) in [6.45, 7) is 13.2. The monoisotopic (exact) mass is 446 g/mol. The van der Waals surface area contributed by atoms with Crippen molar-refractivity contribution in [1.29, 1.82) is 0 Å². The number of ether oxygens (including phenoxy) is 1. The van der Waals surface area contributed by atoms with Crippen LogP contribution >= 0.6 is 0 Å². The molecule has 1 aliphatic rings. The second-order valence-corrected chi connectivity index (χ2v) is 8.27. The molecule has 4 rings (SSSR count). The fourth-order valence-electron chi connectivity index (χ4n) is 4.43. The SMILES string of the molecule is C=CCOc1cccc(C2c3c(oc4ccc(C)cc4c3=O)C(=O)N2CCN(CC)CC)c1. The lowest BCUT2D eigenvalue weighted by Gasteiger charge is -2.28. The van der Waals surface area contributed by atoms with Gasteiger partial charge in [0.1, 0.15) is 17.9 Å². The zero-order valence-electron chi connectivity index (χ0n) is 19.5. The summed E-state index contributed by atoms with van der Waals surface area (Å²) >= 11 is 0. The minimum Gasteiger partial charge on any atom is -0.490 e. The van der Waals surface area contributed by atoms with Crippen LogP contribution in [0, 0.1) is 6.92 Å². The molecule has 0 spiro atoms. The van der Waals surface area contributed by atoms with E-state index in [4.69, 9.17) is 9.15 Å². The molecule has 1 amide bonds. The quantitative estimate of drug-likeness (QED) is 0.451. The molecular weight excluding hydrogens is 416 g/mol. The molecule has 172 valence electrons. The topological polar surface area (TPSA) is 63.0 Å². The van der Waals surface area contributed by atoms with Crippen LogP contribution in [0.1, 0.15) is 47.1 Å². The van der Waals surface area contributed by atoms with Crippen LogP contribution in [-0.2, 0) is 0 Å². The van der Waals surface area contributed by atoms with Crippen LogP contribution in [0.4, 0.5) is 0 Å².